The summed E-state index contributed by atoms with van der Waals surface area (Å²) in [6.45, 7) is 0. The molecular weight excluding hydrogens is 282 g/mol. The summed E-state index contributed by atoms with van der Waals surface area (Å²) in [6, 6.07) is 9.29. The first-order valence-electron chi connectivity index (χ1n) is 5.59. The Morgan fingerprint density at radius 3 is 2.65 bits per heavy atom. The van der Waals surface area contributed by atoms with Crippen molar-refractivity contribution in [1.29, 1.82) is 0 Å². The van der Waals surface area contributed by atoms with E-state index >= 15 is 0 Å². The summed E-state index contributed by atoms with van der Waals surface area (Å²) in [5.41, 5.74) is 0.917. The van der Waals surface area contributed by atoms with Gasteiger partial charge >= 0.3 is 5.97 Å². The highest BCUT2D eigenvalue weighted by Gasteiger charge is 2.10. The van der Waals surface area contributed by atoms with Crippen molar-refractivity contribution < 1.29 is 14.3 Å². The molecule has 1 N–H and O–H groups in total. The van der Waals surface area contributed by atoms with Crippen molar-refractivity contribution >= 4 is 29.2 Å². The molecule has 0 saturated carbocycles. The third-order valence-electron chi connectivity index (χ3n) is 2.41. The van der Waals surface area contributed by atoms with Gasteiger partial charge < -0.3 is 10.1 Å². The molecule has 1 heterocycles. The Bertz CT molecular complexity index is 644. The van der Waals surface area contributed by atoms with Crippen LogP contribution in [-0.2, 0) is 4.74 Å². The van der Waals surface area contributed by atoms with E-state index in [-0.39, 0.29) is 10.8 Å². The van der Waals surface area contributed by atoms with E-state index in [0.717, 1.165) is 0 Å². The lowest BCUT2D eigenvalue weighted by Crippen LogP contribution is -2.14. The number of methoxy groups -OCH3 is 1. The second-order valence-corrected chi connectivity index (χ2v) is 4.16. The van der Waals surface area contributed by atoms with Gasteiger partial charge in [-0.3, -0.25) is 4.79 Å². The van der Waals surface area contributed by atoms with Gasteiger partial charge in [0.25, 0.3) is 5.91 Å². The van der Waals surface area contributed by atoms with E-state index in [1.54, 1.807) is 18.2 Å². The van der Waals surface area contributed by atoms with E-state index in [2.05, 4.69) is 20.3 Å². The van der Waals surface area contributed by atoms with E-state index < -0.39 is 11.9 Å². The molecular formula is C13H10ClN3O3. The number of rotatable bonds is 3. The molecule has 0 fully saturated rings. The molecule has 7 heteroatoms. The number of hydrogen-bond donors (Lipinski definition) is 1. The number of nitrogens with zero attached hydrogens (tertiary/aromatic N) is 2. The van der Waals surface area contributed by atoms with Crippen LogP contribution in [0.15, 0.2) is 36.4 Å². The normalized spacial score (nSPS) is 9.90. The summed E-state index contributed by atoms with van der Waals surface area (Å²) < 4.78 is 4.61. The summed E-state index contributed by atoms with van der Waals surface area (Å²) in [5, 5.41) is 10.1. The monoisotopic (exact) mass is 291 g/mol. The average molecular weight is 292 g/mol. The molecule has 6 nitrogen and oxygen atoms in total. The van der Waals surface area contributed by atoms with Gasteiger partial charge in [0.15, 0.2) is 10.8 Å². The van der Waals surface area contributed by atoms with Gasteiger partial charge in [-0.15, -0.1) is 10.2 Å². The Morgan fingerprint density at radius 1 is 1.20 bits per heavy atom. The second kappa shape index (κ2) is 6.12. The highest BCUT2D eigenvalue weighted by atomic mass is 35.5. The van der Waals surface area contributed by atoms with Crippen LogP contribution >= 0.6 is 11.6 Å². The van der Waals surface area contributed by atoms with Crippen molar-refractivity contribution in [3.05, 3.63) is 52.8 Å². The fourth-order valence-electron chi connectivity index (χ4n) is 1.47. The van der Waals surface area contributed by atoms with Gasteiger partial charge in [-0.2, -0.15) is 0 Å². The number of anilines is 1. The Morgan fingerprint density at radius 2 is 2.00 bits per heavy atom. The van der Waals surface area contributed by atoms with Crippen LogP contribution in [0.3, 0.4) is 0 Å². The molecule has 1 amide bonds. The molecule has 1 aromatic carbocycles. The van der Waals surface area contributed by atoms with Crippen molar-refractivity contribution in [3.63, 3.8) is 0 Å². The maximum absolute atomic E-state index is 11.9. The van der Waals surface area contributed by atoms with Crippen molar-refractivity contribution in [2.24, 2.45) is 0 Å². The van der Waals surface area contributed by atoms with Gasteiger partial charge in [0.2, 0.25) is 0 Å². The molecule has 0 unspecified atom stereocenters. The summed E-state index contributed by atoms with van der Waals surface area (Å²) in [7, 11) is 1.29. The number of hydrogen-bond acceptors (Lipinski definition) is 5. The Labute approximate surface area is 119 Å². The number of esters is 1. The van der Waals surface area contributed by atoms with E-state index in [4.69, 9.17) is 11.6 Å². The predicted molar refractivity (Wildman–Crippen MR) is 72.8 cm³/mol. The lowest BCUT2D eigenvalue weighted by atomic mass is 10.2. The van der Waals surface area contributed by atoms with Crippen LogP contribution in [-0.4, -0.2) is 29.2 Å². The zero-order chi connectivity index (χ0) is 14.5. The molecule has 102 valence electrons. The minimum Gasteiger partial charge on any atom is -0.465 e. The number of amides is 1. The molecule has 2 aromatic rings. The standard InChI is InChI=1S/C13H10ClN3O3/c1-20-13(19)8-3-2-4-9(7-8)15-12(18)10-5-6-11(14)17-16-10/h2-7H,1H3,(H,15,18). The molecule has 2 rings (SSSR count). The quantitative estimate of drug-likeness (QED) is 0.877. The van der Waals surface area contributed by atoms with Gasteiger partial charge in [0.1, 0.15) is 0 Å². The number of aromatic nitrogens is 2. The summed E-state index contributed by atoms with van der Waals surface area (Å²) in [5.74, 6) is -0.927. The molecule has 0 aliphatic rings. The molecule has 0 atom stereocenters. The highest BCUT2D eigenvalue weighted by molar-refractivity contribution is 6.29. The van der Waals surface area contributed by atoms with Gasteiger partial charge in [0, 0.05) is 5.69 Å². The van der Waals surface area contributed by atoms with Crippen molar-refractivity contribution in [2.45, 2.75) is 0 Å². The minimum atomic E-state index is -0.479. The number of carbonyl (C=O) groups is 2. The Balaban J connectivity index is 2.15. The third-order valence-corrected chi connectivity index (χ3v) is 2.61. The van der Waals surface area contributed by atoms with Crippen molar-refractivity contribution in [1.82, 2.24) is 10.2 Å². The largest absolute Gasteiger partial charge is 0.465 e. The van der Waals surface area contributed by atoms with Crippen LogP contribution in [0.2, 0.25) is 5.15 Å². The molecule has 0 spiro atoms. The fourth-order valence-corrected chi connectivity index (χ4v) is 1.57. The summed E-state index contributed by atoms with van der Waals surface area (Å²) >= 11 is 5.59. The summed E-state index contributed by atoms with van der Waals surface area (Å²) in [4.78, 5) is 23.3. The van der Waals surface area contributed by atoms with Crippen LogP contribution in [0.4, 0.5) is 5.69 Å². The first-order valence-corrected chi connectivity index (χ1v) is 5.97. The Kier molecular flexibility index (Phi) is 4.27. The van der Waals surface area contributed by atoms with Gasteiger partial charge in [0.05, 0.1) is 12.7 Å². The maximum atomic E-state index is 11.9. The fraction of sp³-hybridized carbons (Fsp3) is 0.0769. The SMILES string of the molecule is COC(=O)c1cccc(NC(=O)c2ccc(Cl)nn2)c1. The van der Waals surface area contributed by atoms with Crippen LogP contribution in [0.5, 0.6) is 0 Å². The summed E-state index contributed by atoms with van der Waals surface area (Å²) in [6.07, 6.45) is 0. The number of nitrogens with one attached hydrogen (secondary N) is 1. The molecule has 0 bridgehead atoms. The molecule has 0 radical (unpaired) electrons. The molecule has 0 aliphatic heterocycles. The van der Waals surface area contributed by atoms with Crippen LogP contribution in [0.25, 0.3) is 0 Å². The van der Waals surface area contributed by atoms with E-state index in [1.165, 1.54) is 25.3 Å². The topological polar surface area (TPSA) is 81.2 Å². The smallest absolute Gasteiger partial charge is 0.337 e. The number of ether oxygens (including phenoxy) is 1. The van der Waals surface area contributed by atoms with Gasteiger partial charge in [-0.05, 0) is 30.3 Å². The van der Waals surface area contributed by atoms with Crippen LogP contribution in [0, 0.1) is 0 Å². The molecule has 20 heavy (non-hydrogen) atoms. The number of halogens is 1. The van der Waals surface area contributed by atoms with Crippen molar-refractivity contribution in [3.8, 4) is 0 Å². The van der Waals surface area contributed by atoms with Crippen LogP contribution < -0.4 is 5.32 Å². The first kappa shape index (κ1) is 14.0. The Hall–Kier alpha value is -2.47. The molecule has 1 aromatic heterocycles. The van der Waals surface area contributed by atoms with E-state index in [0.29, 0.717) is 11.3 Å². The number of benzene rings is 1. The van der Waals surface area contributed by atoms with E-state index in [1.807, 2.05) is 0 Å². The van der Waals surface area contributed by atoms with Gasteiger partial charge in [-0.1, -0.05) is 17.7 Å². The average Bonchev–Trinajstić information content (AvgIpc) is 2.47. The lowest BCUT2D eigenvalue weighted by Gasteiger charge is -2.06. The first-order chi connectivity index (χ1) is 9.60. The van der Waals surface area contributed by atoms with Crippen molar-refractivity contribution in [2.75, 3.05) is 12.4 Å². The zero-order valence-corrected chi connectivity index (χ0v) is 11.2. The van der Waals surface area contributed by atoms with E-state index in [9.17, 15) is 9.59 Å². The third kappa shape index (κ3) is 3.30. The van der Waals surface area contributed by atoms with Gasteiger partial charge in [-0.25, -0.2) is 4.79 Å². The predicted octanol–water partition coefficient (Wildman–Crippen LogP) is 2.17. The molecule has 0 aliphatic carbocycles. The highest BCUT2D eigenvalue weighted by Crippen LogP contribution is 2.13. The van der Waals surface area contributed by atoms with Crippen LogP contribution in [0.1, 0.15) is 20.8 Å². The zero-order valence-electron chi connectivity index (χ0n) is 10.5. The lowest BCUT2D eigenvalue weighted by molar-refractivity contribution is 0.0600. The number of carbonyl (C=O) groups excluding carboxylic acids is 2. The maximum Gasteiger partial charge on any atom is 0.337 e. The minimum absolute atomic E-state index is 0.123. The second-order valence-electron chi connectivity index (χ2n) is 3.77. The molecule has 0 saturated heterocycles.